The van der Waals surface area contributed by atoms with Gasteiger partial charge in [0.1, 0.15) is 11.9 Å². The van der Waals surface area contributed by atoms with E-state index in [1.807, 2.05) is 48.5 Å². The molecule has 27 heavy (non-hydrogen) atoms. The predicted octanol–water partition coefficient (Wildman–Crippen LogP) is 3.92. The maximum atomic E-state index is 12.7. The summed E-state index contributed by atoms with van der Waals surface area (Å²) in [5.74, 6) is 0.0651. The minimum Gasteiger partial charge on any atom is -0.508 e. The molecule has 2 aromatic rings. The van der Waals surface area contributed by atoms with Crippen molar-refractivity contribution >= 4 is 5.97 Å². The topological polar surface area (TPSA) is 49.8 Å². The highest BCUT2D eigenvalue weighted by molar-refractivity contribution is 5.73. The molecule has 2 unspecified atom stereocenters. The van der Waals surface area contributed by atoms with Crippen LogP contribution in [0.15, 0.2) is 54.6 Å². The summed E-state index contributed by atoms with van der Waals surface area (Å²) in [6, 6.07) is 17.1. The number of hydrogen-bond donors (Lipinski definition) is 1. The van der Waals surface area contributed by atoms with Crippen molar-refractivity contribution in [3.05, 3.63) is 65.7 Å². The molecular formula is C23H29NO3. The maximum absolute atomic E-state index is 12.7. The van der Waals surface area contributed by atoms with Crippen molar-refractivity contribution in [1.82, 2.24) is 4.90 Å². The fourth-order valence-corrected chi connectivity index (χ4v) is 4.26. The lowest BCUT2D eigenvalue weighted by Gasteiger charge is -2.40. The number of nitrogens with zero attached hydrogens (tertiary/aromatic N) is 1. The standard InChI is InChI=1S/C23H29NO3/c1-3-23(19-11-7-12-20(25)16-19)17-24(2)14-8-13-21(23)27-22(26)15-18-9-5-4-6-10-18/h4-7,9-12,16,21,25H,3,8,13-15,17H2,1-2H3. The Morgan fingerprint density at radius 3 is 2.70 bits per heavy atom. The van der Waals surface area contributed by atoms with Gasteiger partial charge in [0.2, 0.25) is 0 Å². The second-order valence-electron chi connectivity index (χ2n) is 7.58. The number of aromatic hydroxyl groups is 1. The molecule has 1 saturated heterocycles. The average molecular weight is 367 g/mol. The van der Waals surface area contributed by atoms with E-state index in [2.05, 4.69) is 18.9 Å². The molecule has 0 bridgehead atoms. The summed E-state index contributed by atoms with van der Waals surface area (Å²) in [6.07, 6.45) is 2.73. The lowest BCUT2D eigenvalue weighted by Crippen LogP contribution is -2.47. The summed E-state index contributed by atoms with van der Waals surface area (Å²) in [5, 5.41) is 10.0. The van der Waals surface area contributed by atoms with E-state index in [1.54, 1.807) is 6.07 Å². The highest BCUT2D eigenvalue weighted by Crippen LogP contribution is 2.39. The van der Waals surface area contributed by atoms with Gasteiger partial charge in [-0.15, -0.1) is 0 Å². The molecule has 1 aliphatic rings. The molecule has 1 heterocycles. The van der Waals surface area contributed by atoms with Crippen LogP contribution in [0.5, 0.6) is 5.75 Å². The van der Waals surface area contributed by atoms with Crippen molar-refractivity contribution in [2.75, 3.05) is 20.1 Å². The maximum Gasteiger partial charge on any atom is 0.310 e. The highest BCUT2D eigenvalue weighted by atomic mass is 16.5. The first-order valence-corrected chi connectivity index (χ1v) is 9.75. The SMILES string of the molecule is CCC1(c2cccc(O)c2)CN(C)CCCC1OC(=O)Cc1ccccc1. The normalized spacial score (nSPS) is 23.6. The van der Waals surface area contributed by atoms with Gasteiger partial charge in [-0.25, -0.2) is 0 Å². The Balaban J connectivity index is 1.88. The average Bonchev–Trinajstić information content (AvgIpc) is 2.81. The minimum atomic E-state index is -0.323. The van der Waals surface area contributed by atoms with Crippen molar-refractivity contribution in [3.63, 3.8) is 0 Å². The molecule has 1 aliphatic heterocycles. The molecular weight excluding hydrogens is 338 g/mol. The third kappa shape index (κ3) is 4.51. The van der Waals surface area contributed by atoms with Crippen LogP contribution in [-0.4, -0.2) is 42.2 Å². The Morgan fingerprint density at radius 1 is 1.22 bits per heavy atom. The van der Waals surface area contributed by atoms with E-state index < -0.39 is 0 Å². The van der Waals surface area contributed by atoms with Crippen molar-refractivity contribution in [1.29, 1.82) is 0 Å². The Bertz CT molecular complexity index is 761. The summed E-state index contributed by atoms with van der Waals surface area (Å²) in [5.41, 5.74) is 1.68. The molecule has 2 atom stereocenters. The number of carbonyl (C=O) groups excluding carboxylic acids is 1. The summed E-state index contributed by atoms with van der Waals surface area (Å²) in [4.78, 5) is 15.0. The zero-order valence-electron chi connectivity index (χ0n) is 16.2. The van der Waals surface area contributed by atoms with E-state index in [1.165, 1.54) is 0 Å². The van der Waals surface area contributed by atoms with Crippen LogP contribution in [0.3, 0.4) is 0 Å². The van der Waals surface area contributed by atoms with Gasteiger partial charge in [-0.3, -0.25) is 4.79 Å². The van der Waals surface area contributed by atoms with Crippen molar-refractivity contribution in [2.24, 2.45) is 0 Å². The first-order chi connectivity index (χ1) is 13.0. The first-order valence-electron chi connectivity index (χ1n) is 9.75. The number of esters is 1. The Labute approximate surface area is 161 Å². The third-order valence-corrected chi connectivity index (χ3v) is 5.69. The van der Waals surface area contributed by atoms with E-state index in [9.17, 15) is 9.90 Å². The second kappa shape index (κ2) is 8.57. The summed E-state index contributed by atoms with van der Waals surface area (Å²) < 4.78 is 6.08. The van der Waals surface area contributed by atoms with Crippen molar-refractivity contribution in [2.45, 2.75) is 44.1 Å². The van der Waals surface area contributed by atoms with Gasteiger partial charge < -0.3 is 14.7 Å². The largest absolute Gasteiger partial charge is 0.508 e. The molecule has 1 fully saturated rings. The number of likely N-dealkylation sites (tertiary alicyclic amines) is 1. The molecule has 0 saturated carbocycles. The second-order valence-corrected chi connectivity index (χ2v) is 7.58. The van der Waals surface area contributed by atoms with Gasteiger partial charge in [0.25, 0.3) is 0 Å². The van der Waals surface area contributed by atoms with Crippen LogP contribution in [0.1, 0.15) is 37.3 Å². The van der Waals surface area contributed by atoms with Gasteiger partial charge in [-0.2, -0.15) is 0 Å². The van der Waals surface area contributed by atoms with Gasteiger partial charge in [0, 0.05) is 12.0 Å². The van der Waals surface area contributed by atoms with E-state index in [-0.39, 0.29) is 29.7 Å². The summed E-state index contributed by atoms with van der Waals surface area (Å²) in [7, 11) is 2.11. The first kappa shape index (κ1) is 19.4. The minimum absolute atomic E-state index is 0.186. The molecule has 4 heteroatoms. The Hall–Kier alpha value is -2.33. The van der Waals surface area contributed by atoms with Crippen molar-refractivity contribution in [3.8, 4) is 5.75 Å². The van der Waals surface area contributed by atoms with Crippen LogP contribution in [0.4, 0.5) is 0 Å². The Kier molecular flexibility index (Phi) is 6.17. The third-order valence-electron chi connectivity index (χ3n) is 5.69. The van der Waals surface area contributed by atoms with Crippen LogP contribution in [0, 0.1) is 0 Å². The fourth-order valence-electron chi connectivity index (χ4n) is 4.26. The van der Waals surface area contributed by atoms with Gasteiger partial charge in [-0.05, 0) is 56.1 Å². The lowest BCUT2D eigenvalue weighted by atomic mass is 9.72. The lowest BCUT2D eigenvalue weighted by molar-refractivity contribution is -0.152. The number of rotatable bonds is 5. The van der Waals surface area contributed by atoms with E-state index in [4.69, 9.17) is 4.74 Å². The number of likely N-dealkylation sites (N-methyl/N-ethyl adjacent to an activating group) is 1. The molecule has 0 aromatic heterocycles. The summed E-state index contributed by atoms with van der Waals surface area (Å²) in [6.45, 7) is 3.92. The number of phenolic OH excluding ortho intramolecular Hbond substituents is 1. The number of phenols is 1. The van der Waals surface area contributed by atoms with Crippen LogP contribution in [0.25, 0.3) is 0 Å². The molecule has 2 aromatic carbocycles. The van der Waals surface area contributed by atoms with Gasteiger partial charge in [0.15, 0.2) is 0 Å². The highest BCUT2D eigenvalue weighted by Gasteiger charge is 2.43. The van der Waals surface area contributed by atoms with Crippen LogP contribution >= 0.6 is 0 Å². The smallest absolute Gasteiger partial charge is 0.310 e. The van der Waals surface area contributed by atoms with Gasteiger partial charge >= 0.3 is 5.97 Å². The van der Waals surface area contributed by atoms with Gasteiger partial charge in [-0.1, -0.05) is 49.4 Å². The number of hydrogen-bond acceptors (Lipinski definition) is 4. The molecule has 4 nitrogen and oxygen atoms in total. The van der Waals surface area contributed by atoms with E-state index in [0.717, 1.165) is 43.5 Å². The van der Waals surface area contributed by atoms with Crippen LogP contribution < -0.4 is 0 Å². The zero-order chi connectivity index (χ0) is 19.3. The molecule has 0 spiro atoms. The molecule has 1 N–H and O–H groups in total. The van der Waals surface area contributed by atoms with E-state index in [0.29, 0.717) is 0 Å². The fraction of sp³-hybridized carbons (Fsp3) is 0.435. The van der Waals surface area contributed by atoms with Crippen molar-refractivity contribution < 1.29 is 14.6 Å². The van der Waals surface area contributed by atoms with Gasteiger partial charge in [0.05, 0.1) is 6.42 Å². The molecule has 0 aliphatic carbocycles. The quantitative estimate of drug-likeness (QED) is 0.814. The molecule has 0 amide bonds. The number of ether oxygens (including phenoxy) is 1. The molecule has 0 radical (unpaired) electrons. The summed E-state index contributed by atoms with van der Waals surface area (Å²) >= 11 is 0. The molecule has 3 rings (SSSR count). The number of benzene rings is 2. The van der Waals surface area contributed by atoms with Crippen LogP contribution in [0.2, 0.25) is 0 Å². The predicted molar refractivity (Wildman–Crippen MR) is 107 cm³/mol. The Morgan fingerprint density at radius 2 is 2.00 bits per heavy atom. The monoisotopic (exact) mass is 367 g/mol. The zero-order valence-corrected chi connectivity index (χ0v) is 16.2. The molecule has 144 valence electrons. The van der Waals surface area contributed by atoms with Crippen LogP contribution in [-0.2, 0) is 21.4 Å². The van der Waals surface area contributed by atoms with E-state index >= 15 is 0 Å². The number of carbonyl (C=O) groups is 1.